The van der Waals surface area contributed by atoms with Gasteiger partial charge >= 0.3 is 11.9 Å². The normalized spacial score (nSPS) is 10.0. The summed E-state index contributed by atoms with van der Waals surface area (Å²) in [5.41, 5.74) is 1.79. The van der Waals surface area contributed by atoms with Crippen LogP contribution in [0.25, 0.3) is 11.1 Å². The average Bonchev–Trinajstić information content (AvgIpc) is 2.91. The first kappa shape index (κ1) is 13.3. The lowest BCUT2D eigenvalue weighted by Gasteiger charge is -2.05. The van der Waals surface area contributed by atoms with Gasteiger partial charge in [-0.15, -0.1) is 11.3 Å². The van der Waals surface area contributed by atoms with Gasteiger partial charge in [-0.05, 0) is 5.56 Å². The van der Waals surface area contributed by atoms with Crippen molar-refractivity contribution in [1.82, 2.24) is 0 Å². The van der Waals surface area contributed by atoms with Gasteiger partial charge in [0.15, 0.2) is 0 Å². The van der Waals surface area contributed by atoms with Crippen molar-refractivity contribution < 1.29 is 19.1 Å². The molecule has 0 N–H and O–H groups in total. The second kappa shape index (κ2) is 5.67. The zero-order chi connectivity index (χ0) is 13.8. The van der Waals surface area contributed by atoms with Gasteiger partial charge in [-0.25, -0.2) is 9.59 Å². The Labute approximate surface area is 114 Å². The topological polar surface area (TPSA) is 52.6 Å². The van der Waals surface area contributed by atoms with Gasteiger partial charge in [-0.1, -0.05) is 30.3 Å². The number of rotatable bonds is 3. The molecule has 4 nitrogen and oxygen atoms in total. The van der Waals surface area contributed by atoms with E-state index in [4.69, 9.17) is 4.74 Å². The van der Waals surface area contributed by atoms with E-state index in [0.29, 0.717) is 5.56 Å². The molecule has 0 unspecified atom stereocenters. The highest BCUT2D eigenvalue weighted by Gasteiger charge is 2.25. The summed E-state index contributed by atoms with van der Waals surface area (Å²) in [6.45, 7) is 0. The van der Waals surface area contributed by atoms with Crippen LogP contribution in [0.4, 0.5) is 0 Å². The molecule has 0 atom stereocenters. The summed E-state index contributed by atoms with van der Waals surface area (Å²) in [4.78, 5) is 23.8. The number of carbonyl (C=O) groups excluding carboxylic acids is 2. The minimum Gasteiger partial charge on any atom is -0.465 e. The highest BCUT2D eigenvalue weighted by Crippen LogP contribution is 2.32. The number of benzene rings is 1. The Morgan fingerprint density at radius 1 is 1.00 bits per heavy atom. The third kappa shape index (κ3) is 2.51. The highest BCUT2D eigenvalue weighted by atomic mass is 32.1. The lowest BCUT2D eigenvalue weighted by Crippen LogP contribution is -2.09. The molecule has 0 aliphatic heterocycles. The predicted octanol–water partition coefficient (Wildman–Crippen LogP) is 2.99. The summed E-state index contributed by atoms with van der Waals surface area (Å²) in [5.74, 6) is -1.08. The molecule has 1 aromatic carbocycles. The fourth-order valence-corrected chi connectivity index (χ4v) is 2.72. The fraction of sp³-hybridized carbons (Fsp3) is 0.143. The molecular weight excluding hydrogens is 264 g/mol. The van der Waals surface area contributed by atoms with Gasteiger partial charge in [-0.2, -0.15) is 0 Å². The molecule has 5 heteroatoms. The van der Waals surface area contributed by atoms with E-state index in [2.05, 4.69) is 4.74 Å². The van der Waals surface area contributed by atoms with Crippen molar-refractivity contribution in [3.63, 3.8) is 0 Å². The molecule has 19 heavy (non-hydrogen) atoms. The van der Waals surface area contributed by atoms with Gasteiger partial charge in [0.05, 0.1) is 19.8 Å². The Balaban J connectivity index is 2.60. The Hall–Kier alpha value is -2.14. The third-order valence-electron chi connectivity index (χ3n) is 2.64. The number of carbonyl (C=O) groups is 2. The third-order valence-corrected chi connectivity index (χ3v) is 3.60. The van der Waals surface area contributed by atoms with E-state index < -0.39 is 11.9 Å². The molecule has 1 aromatic heterocycles. The van der Waals surface area contributed by atoms with Crippen LogP contribution in [0, 0.1) is 0 Å². The minimum atomic E-state index is -0.541. The molecule has 0 bridgehead atoms. The molecule has 0 amide bonds. The highest BCUT2D eigenvalue weighted by molar-refractivity contribution is 7.13. The number of hydrogen-bond donors (Lipinski definition) is 0. The minimum absolute atomic E-state index is 0.255. The molecule has 1 heterocycles. The standard InChI is InChI=1S/C14H12O4S/c1-17-13(15)11-10(9-6-4-3-5-7-9)8-19-12(11)14(16)18-2/h3-8H,1-2H3. The molecule has 2 rings (SSSR count). The predicted molar refractivity (Wildman–Crippen MR) is 72.4 cm³/mol. The van der Waals surface area contributed by atoms with E-state index in [1.807, 2.05) is 30.3 Å². The van der Waals surface area contributed by atoms with Crippen molar-refractivity contribution >= 4 is 23.3 Å². The van der Waals surface area contributed by atoms with Gasteiger partial charge in [-0.3, -0.25) is 0 Å². The van der Waals surface area contributed by atoms with Crippen LogP contribution in [0.1, 0.15) is 20.0 Å². The Kier molecular flexibility index (Phi) is 3.97. The second-order valence-corrected chi connectivity index (χ2v) is 4.58. The van der Waals surface area contributed by atoms with Gasteiger partial charge in [0, 0.05) is 10.9 Å². The molecule has 0 radical (unpaired) electrons. The first-order valence-corrected chi connectivity index (χ1v) is 6.40. The number of hydrogen-bond acceptors (Lipinski definition) is 5. The van der Waals surface area contributed by atoms with Crippen LogP contribution in [0.2, 0.25) is 0 Å². The zero-order valence-electron chi connectivity index (χ0n) is 10.5. The Morgan fingerprint density at radius 3 is 2.21 bits per heavy atom. The maximum Gasteiger partial charge on any atom is 0.348 e. The van der Waals surface area contributed by atoms with Gasteiger partial charge in [0.25, 0.3) is 0 Å². The van der Waals surface area contributed by atoms with Crippen LogP contribution in [-0.2, 0) is 9.47 Å². The SMILES string of the molecule is COC(=O)c1scc(-c2ccccc2)c1C(=O)OC. The molecule has 98 valence electrons. The Bertz CT molecular complexity index is 601. The molecule has 0 aliphatic rings. The van der Waals surface area contributed by atoms with Crippen molar-refractivity contribution in [3.05, 3.63) is 46.2 Å². The van der Waals surface area contributed by atoms with Crippen LogP contribution < -0.4 is 0 Å². The largest absolute Gasteiger partial charge is 0.465 e. The first-order valence-electron chi connectivity index (χ1n) is 5.52. The van der Waals surface area contributed by atoms with Crippen LogP contribution in [0.5, 0.6) is 0 Å². The molecule has 0 spiro atoms. The quantitative estimate of drug-likeness (QED) is 0.809. The summed E-state index contributed by atoms with van der Waals surface area (Å²) in [5, 5.41) is 1.76. The van der Waals surface area contributed by atoms with Crippen molar-refractivity contribution in [2.24, 2.45) is 0 Å². The average molecular weight is 276 g/mol. The number of ether oxygens (including phenoxy) is 2. The summed E-state index contributed by atoms with van der Waals surface area (Å²) >= 11 is 1.17. The number of thiophene rings is 1. The van der Waals surface area contributed by atoms with E-state index in [1.165, 1.54) is 25.6 Å². The molecule has 0 saturated heterocycles. The smallest absolute Gasteiger partial charge is 0.348 e. The van der Waals surface area contributed by atoms with Gasteiger partial charge < -0.3 is 9.47 Å². The van der Waals surface area contributed by atoms with Gasteiger partial charge in [0.1, 0.15) is 4.88 Å². The Morgan fingerprint density at radius 2 is 1.63 bits per heavy atom. The van der Waals surface area contributed by atoms with Gasteiger partial charge in [0.2, 0.25) is 0 Å². The molecule has 2 aromatic rings. The number of methoxy groups -OCH3 is 2. The molecule has 0 saturated carbocycles. The second-order valence-electron chi connectivity index (χ2n) is 3.70. The molecular formula is C14H12O4S. The summed E-state index contributed by atoms with van der Waals surface area (Å²) < 4.78 is 9.44. The van der Waals surface area contributed by atoms with Crippen LogP contribution in [-0.4, -0.2) is 26.2 Å². The first-order chi connectivity index (χ1) is 9.19. The lowest BCUT2D eigenvalue weighted by molar-refractivity contribution is 0.0561. The number of esters is 2. The summed E-state index contributed by atoms with van der Waals surface area (Å²) in [7, 11) is 2.57. The van der Waals surface area contributed by atoms with Crippen molar-refractivity contribution in [2.75, 3.05) is 14.2 Å². The lowest BCUT2D eigenvalue weighted by atomic mass is 10.0. The van der Waals surface area contributed by atoms with Crippen LogP contribution >= 0.6 is 11.3 Å². The van der Waals surface area contributed by atoms with E-state index in [9.17, 15) is 9.59 Å². The summed E-state index contributed by atoms with van der Waals surface area (Å²) in [6.07, 6.45) is 0. The van der Waals surface area contributed by atoms with Crippen molar-refractivity contribution in [2.45, 2.75) is 0 Å². The van der Waals surface area contributed by atoms with Crippen LogP contribution in [0.3, 0.4) is 0 Å². The van der Waals surface area contributed by atoms with Crippen molar-refractivity contribution in [1.29, 1.82) is 0 Å². The zero-order valence-corrected chi connectivity index (χ0v) is 11.3. The maximum atomic E-state index is 11.9. The molecule has 0 aliphatic carbocycles. The van der Waals surface area contributed by atoms with E-state index in [-0.39, 0.29) is 10.4 Å². The van der Waals surface area contributed by atoms with E-state index in [0.717, 1.165) is 5.56 Å². The summed E-state index contributed by atoms with van der Waals surface area (Å²) in [6, 6.07) is 9.36. The monoisotopic (exact) mass is 276 g/mol. The molecule has 0 fully saturated rings. The van der Waals surface area contributed by atoms with Crippen LogP contribution in [0.15, 0.2) is 35.7 Å². The van der Waals surface area contributed by atoms with E-state index >= 15 is 0 Å². The van der Waals surface area contributed by atoms with E-state index in [1.54, 1.807) is 5.38 Å². The van der Waals surface area contributed by atoms with Crippen molar-refractivity contribution in [3.8, 4) is 11.1 Å². The fourth-order valence-electron chi connectivity index (χ4n) is 1.74. The maximum absolute atomic E-state index is 11.9.